The minimum Gasteiger partial charge on any atom is -0.397 e. The van der Waals surface area contributed by atoms with Crippen molar-refractivity contribution in [2.24, 2.45) is 0 Å². The normalized spacial score (nSPS) is 33.2. The predicted octanol–water partition coefficient (Wildman–Crippen LogP) is 1.40. The molecule has 0 aliphatic carbocycles. The first-order valence-electron chi connectivity index (χ1n) is 5.44. The third-order valence-corrected chi connectivity index (χ3v) is 3.22. The molecule has 3 rings (SSSR count). The van der Waals surface area contributed by atoms with E-state index in [4.69, 9.17) is 10.5 Å². The minimum absolute atomic E-state index is 0.386. The fourth-order valence-corrected chi connectivity index (χ4v) is 2.54. The molecule has 3 unspecified atom stereocenters. The van der Waals surface area contributed by atoms with Gasteiger partial charge in [0.05, 0.1) is 35.8 Å². The van der Waals surface area contributed by atoms with Gasteiger partial charge in [0.25, 0.3) is 0 Å². The number of nitrogens with one attached hydrogen (secondary N) is 1. The molecule has 0 amide bonds. The number of fused-ring (bicyclic) bond motifs is 2. The molecule has 2 aliphatic heterocycles. The number of anilines is 2. The zero-order valence-electron chi connectivity index (χ0n) is 8.52. The zero-order chi connectivity index (χ0) is 10.3. The molecule has 3 heterocycles. The lowest BCUT2D eigenvalue weighted by molar-refractivity contribution is 0.102. The lowest BCUT2D eigenvalue weighted by Gasteiger charge is -2.21. The lowest BCUT2D eigenvalue weighted by atomic mass is 9.95. The van der Waals surface area contributed by atoms with Crippen molar-refractivity contribution in [2.45, 2.75) is 37.5 Å². The van der Waals surface area contributed by atoms with E-state index in [9.17, 15) is 0 Å². The molecule has 2 fully saturated rings. The van der Waals surface area contributed by atoms with Gasteiger partial charge in [-0.05, 0) is 25.3 Å². The highest BCUT2D eigenvalue weighted by Crippen LogP contribution is 2.35. The lowest BCUT2D eigenvalue weighted by Crippen LogP contribution is -2.30. The van der Waals surface area contributed by atoms with Crippen LogP contribution in [0.25, 0.3) is 0 Å². The topological polar surface area (TPSA) is 60.2 Å². The van der Waals surface area contributed by atoms with Gasteiger partial charge in [-0.2, -0.15) is 0 Å². The Kier molecular flexibility index (Phi) is 2.02. The van der Waals surface area contributed by atoms with Crippen LogP contribution >= 0.6 is 0 Å². The van der Waals surface area contributed by atoms with Gasteiger partial charge in [0.1, 0.15) is 0 Å². The van der Waals surface area contributed by atoms with Crippen molar-refractivity contribution in [1.82, 2.24) is 4.98 Å². The fraction of sp³-hybridized carbons (Fsp3) is 0.545. The summed E-state index contributed by atoms with van der Waals surface area (Å²) in [6, 6.07) is 2.35. The number of hydrogen-bond acceptors (Lipinski definition) is 4. The second-order valence-electron chi connectivity index (χ2n) is 4.37. The van der Waals surface area contributed by atoms with E-state index in [1.54, 1.807) is 6.20 Å². The van der Waals surface area contributed by atoms with Crippen molar-refractivity contribution >= 4 is 11.4 Å². The Morgan fingerprint density at radius 2 is 2.33 bits per heavy atom. The highest BCUT2D eigenvalue weighted by atomic mass is 16.5. The van der Waals surface area contributed by atoms with Crippen LogP contribution in [0.1, 0.15) is 19.3 Å². The van der Waals surface area contributed by atoms with E-state index in [0.717, 1.165) is 12.1 Å². The molecular formula is C11H15N3O. The number of nitrogens with zero attached hydrogens (tertiary/aromatic N) is 1. The summed E-state index contributed by atoms with van der Waals surface area (Å²) in [5, 5.41) is 3.45. The fourth-order valence-electron chi connectivity index (χ4n) is 2.54. The van der Waals surface area contributed by atoms with Gasteiger partial charge in [0, 0.05) is 6.20 Å². The number of nitrogen functional groups attached to an aromatic ring is 1. The van der Waals surface area contributed by atoms with Crippen molar-refractivity contribution in [3.63, 3.8) is 0 Å². The van der Waals surface area contributed by atoms with E-state index < -0.39 is 0 Å². The first kappa shape index (κ1) is 8.97. The Bertz CT molecular complexity index is 369. The smallest absolute Gasteiger partial charge is 0.0781 e. The Morgan fingerprint density at radius 1 is 1.40 bits per heavy atom. The number of aromatic nitrogens is 1. The summed E-state index contributed by atoms with van der Waals surface area (Å²) in [4.78, 5) is 4.06. The van der Waals surface area contributed by atoms with E-state index in [-0.39, 0.29) is 0 Å². The number of hydrogen-bond donors (Lipinski definition) is 2. The van der Waals surface area contributed by atoms with Crippen LogP contribution in [-0.2, 0) is 4.74 Å². The molecule has 0 spiro atoms. The molecule has 3 atom stereocenters. The van der Waals surface area contributed by atoms with Crippen LogP contribution in [0.5, 0.6) is 0 Å². The first-order chi connectivity index (χ1) is 7.31. The van der Waals surface area contributed by atoms with Crippen molar-refractivity contribution in [2.75, 3.05) is 11.1 Å². The maximum absolute atomic E-state index is 5.77. The van der Waals surface area contributed by atoms with Gasteiger partial charge in [-0.15, -0.1) is 0 Å². The van der Waals surface area contributed by atoms with Gasteiger partial charge >= 0.3 is 0 Å². The molecule has 15 heavy (non-hydrogen) atoms. The molecule has 0 saturated carbocycles. The summed E-state index contributed by atoms with van der Waals surface area (Å²) in [6.45, 7) is 0. The van der Waals surface area contributed by atoms with E-state index in [1.807, 2.05) is 12.3 Å². The van der Waals surface area contributed by atoms with Crippen molar-refractivity contribution in [3.8, 4) is 0 Å². The molecular weight excluding hydrogens is 190 g/mol. The van der Waals surface area contributed by atoms with E-state index in [2.05, 4.69) is 10.3 Å². The summed E-state index contributed by atoms with van der Waals surface area (Å²) < 4.78 is 5.77. The summed E-state index contributed by atoms with van der Waals surface area (Å²) in [5.41, 5.74) is 7.37. The van der Waals surface area contributed by atoms with Gasteiger partial charge in [-0.3, -0.25) is 4.98 Å². The molecule has 2 saturated heterocycles. The summed E-state index contributed by atoms with van der Waals surface area (Å²) in [6.07, 6.45) is 7.83. The predicted molar refractivity (Wildman–Crippen MR) is 58.6 cm³/mol. The van der Waals surface area contributed by atoms with E-state index in [1.165, 1.54) is 12.8 Å². The van der Waals surface area contributed by atoms with Crippen LogP contribution in [0, 0.1) is 0 Å². The van der Waals surface area contributed by atoms with Gasteiger partial charge in [0.15, 0.2) is 0 Å². The van der Waals surface area contributed by atoms with E-state index >= 15 is 0 Å². The summed E-state index contributed by atoms with van der Waals surface area (Å²) in [5.74, 6) is 0. The summed E-state index contributed by atoms with van der Waals surface area (Å²) >= 11 is 0. The second kappa shape index (κ2) is 3.38. The molecule has 0 aromatic carbocycles. The minimum atomic E-state index is 0.386. The third kappa shape index (κ3) is 1.65. The third-order valence-electron chi connectivity index (χ3n) is 3.22. The first-order valence-corrected chi connectivity index (χ1v) is 5.44. The Hall–Kier alpha value is -1.29. The van der Waals surface area contributed by atoms with Crippen molar-refractivity contribution < 1.29 is 4.74 Å². The molecule has 2 aliphatic rings. The highest BCUT2D eigenvalue weighted by Gasteiger charge is 2.40. The number of ether oxygens (including phenoxy) is 1. The Balaban J connectivity index is 1.71. The molecule has 80 valence electrons. The number of rotatable bonds is 2. The highest BCUT2D eigenvalue weighted by molar-refractivity contribution is 5.52. The van der Waals surface area contributed by atoms with Crippen molar-refractivity contribution in [3.05, 3.63) is 18.5 Å². The monoisotopic (exact) mass is 205 g/mol. The molecule has 2 bridgehead atoms. The average Bonchev–Trinajstić information content (AvgIpc) is 2.79. The Labute approximate surface area is 88.8 Å². The molecule has 3 N–H and O–H groups in total. The maximum Gasteiger partial charge on any atom is 0.0781 e. The molecule has 4 nitrogen and oxygen atoms in total. The number of pyridine rings is 1. The van der Waals surface area contributed by atoms with Gasteiger partial charge < -0.3 is 15.8 Å². The van der Waals surface area contributed by atoms with Crippen LogP contribution in [0.2, 0.25) is 0 Å². The quantitative estimate of drug-likeness (QED) is 0.766. The largest absolute Gasteiger partial charge is 0.397 e. The van der Waals surface area contributed by atoms with E-state index in [0.29, 0.717) is 23.9 Å². The second-order valence-corrected chi connectivity index (χ2v) is 4.37. The molecule has 4 heteroatoms. The van der Waals surface area contributed by atoms with Gasteiger partial charge in [0.2, 0.25) is 0 Å². The van der Waals surface area contributed by atoms with Gasteiger partial charge in [-0.25, -0.2) is 0 Å². The standard InChI is InChI=1S/C11H15N3O/c12-7-3-8(6-13-5-7)14-10-4-9-1-2-11(10)15-9/h3,5-6,9-11,14H,1-2,4,12H2. The van der Waals surface area contributed by atoms with Crippen LogP contribution in [0.3, 0.4) is 0 Å². The van der Waals surface area contributed by atoms with Crippen LogP contribution in [0.4, 0.5) is 11.4 Å². The number of nitrogens with two attached hydrogens (primary N) is 1. The SMILES string of the molecule is Nc1cncc(NC2CC3CCC2O3)c1. The van der Waals surface area contributed by atoms with Crippen LogP contribution in [0.15, 0.2) is 18.5 Å². The average molecular weight is 205 g/mol. The molecule has 1 aromatic heterocycles. The maximum atomic E-state index is 5.77. The van der Waals surface area contributed by atoms with Crippen LogP contribution < -0.4 is 11.1 Å². The molecule has 1 aromatic rings. The summed E-state index contributed by atoms with van der Waals surface area (Å²) in [7, 11) is 0. The molecule has 0 radical (unpaired) electrons. The zero-order valence-corrected chi connectivity index (χ0v) is 8.52. The van der Waals surface area contributed by atoms with Crippen molar-refractivity contribution in [1.29, 1.82) is 0 Å². The van der Waals surface area contributed by atoms with Gasteiger partial charge in [-0.1, -0.05) is 0 Å². The van der Waals surface area contributed by atoms with Crippen LogP contribution in [-0.4, -0.2) is 23.2 Å². The Morgan fingerprint density at radius 3 is 3.00 bits per heavy atom.